The molecule has 1 atom stereocenters. The standard InChI is InChI=1S/C13H16ClNO/c1-15-13(9-5-4-8-12(13)16)10-6-2-3-7-11(10)14/h2-3,6-7,15H,4-5,8-9H2,1H3/t13-/m0/s1/i8D2. The summed E-state index contributed by atoms with van der Waals surface area (Å²) in [7, 11) is 1.68. The van der Waals surface area contributed by atoms with Gasteiger partial charge in [-0.2, -0.15) is 0 Å². The Bertz CT molecular complexity index is 478. The second-order valence-corrected chi connectivity index (χ2v) is 4.40. The van der Waals surface area contributed by atoms with Crippen molar-refractivity contribution in [3.8, 4) is 0 Å². The Balaban J connectivity index is 2.55. The number of carbonyl (C=O) groups is 1. The van der Waals surface area contributed by atoms with Crippen molar-refractivity contribution in [3.05, 3.63) is 34.9 Å². The summed E-state index contributed by atoms with van der Waals surface area (Å²) in [5, 5.41) is 3.50. The minimum atomic E-state index is -1.79. The van der Waals surface area contributed by atoms with Gasteiger partial charge in [-0.25, -0.2) is 0 Å². The maximum absolute atomic E-state index is 12.5. The Labute approximate surface area is 104 Å². The van der Waals surface area contributed by atoms with Gasteiger partial charge in [-0.3, -0.25) is 4.79 Å². The lowest BCUT2D eigenvalue weighted by Gasteiger charge is -2.36. The number of Topliss-reactive ketones (excluding diaryl/α,β-unsaturated/α-hetero) is 1. The molecule has 3 heteroatoms. The van der Waals surface area contributed by atoms with Gasteiger partial charge in [-0.15, -0.1) is 0 Å². The van der Waals surface area contributed by atoms with Crippen molar-refractivity contribution in [1.82, 2.24) is 5.32 Å². The van der Waals surface area contributed by atoms with Gasteiger partial charge in [-0.1, -0.05) is 36.2 Å². The Morgan fingerprint density at radius 3 is 2.88 bits per heavy atom. The lowest BCUT2D eigenvalue weighted by molar-refractivity contribution is -0.127. The lowest BCUT2D eigenvalue weighted by Crippen LogP contribution is -2.49. The fraction of sp³-hybridized carbons (Fsp3) is 0.462. The highest BCUT2D eigenvalue weighted by Crippen LogP contribution is 2.37. The molecule has 1 aromatic carbocycles. The Kier molecular flexibility index (Phi) is 2.62. The molecule has 86 valence electrons. The van der Waals surface area contributed by atoms with Gasteiger partial charge in [0.1, 0.15) is 5.54 Å². The van der Waals surface area contributed by atoms with Crippen molar-refractivity contribution >= 4 is 17.4 Å². The van der Waals surface area contributed by atoms with Crippen LogP contribution in [0.3, 0.4) is 0 Å². The number of nitrogens with one attached hydrogen (secondary N) is 1. The first-order chi connectivity index (χ1) is 8.44. The number of rotatable bonds is 2. The first-order valence-corrected chi connectivity index (χ1v) is 5.81. The van der Waals surface area contributed by atoms with Crippen molar-refractivity contribution in [2.45, 2.75) is 31.2 Å². The molecule has 16 heavy (non-hydrogen) atoms. The van der Waals surface area contributed by atoms with E-state index in [-0.39, 0.29) is 6.42 Å². The second kappa shape index (κ2) is 4.56. The molecule has 1 fully saturated rings. The molecule has 1 saturated carbocycles. The number of halogens is 1. The average molecular weight is 240 g/mol. The maximum Gasteiger partial charge on any atom is 0.157 e. The van der Waals surface area contributed by atoms with Crippen molar-refractivity contribution in [2.75, 3.05) is 7.05 Å². The number of hydrogen-bond acceptors (Lipinski definition) is 2. The minimum absolute atomic E-state index is 0.277. The Morgan fingerprint density at radius 2 is 2.19 bits per heavy atom. The molecule has 1 aliphatic rings. The number of benzene rings is 1. The van der Waals surface area contributed by atoms with Gasteiger partial charge in [0, 0.05) is 14.1 Å². The molecule has 1 N–H and O–H groups in total. The van der Waals surface area contributed by atoms with Gasteiger partial charge >= 0.3 is 0 Å². The zero-order chi connectivity index (χ0) is 13.4. The average Bonchev–Trinajstić information content (AvgIpc) is 2.34. The third-order valence-corrected chi connectivity index (χ3v) is 3.49. The first-order valence-electron chi connectivity index (χ1n) is 6.43. The van der Waals surface area contributed by atoms with E-state index in [0.29, 0.717) is 23.4 Å². The van der Waals surface area contributed by atoms with Crippen LogP contribution in [0, 0.1) is 0 Å². The molecule has 2 rings (SSSR count). The van der Waals surface area contributed by atoms with Gasteiger partial charge < -0.3 is 5.32 Å². The van der Waals surface area contributed by atoms with E-state index < -0.39 is 17.7 Å². The third kappa shape index (κ3) is 1.76. The molecule has 2 nitrogen and oxygen atoms in total. The molecular weight excluding hydrogens is 222 g/mol. The topological polar surface area (TPSA) is 29.1 Å². The van der Waals surface area contributed by atoms with E-state index in [1.807, 2.05) is 6.07 Å². The number of hydrogen-bond donors (Lipinski definition) is 1. The lowest BCUT2D eigenvalue weighted by atomic mass is 9.75. The number of ketones is 1. The van der Waals surface area contributed by atoms with E-state index in [2.05, 4.69) is 5.32 Å². The Morgan fingerprint density at radius 1 is 1.44 bits per heavy atom. The molecule has 0 aromatic heterocycles. The minimum Gasteiger partial charge on any atom is -0.304 e. The van der Waals surface area contributed by atoms with Crippen LogP contribution >= 0.6 is 11.6 Å². The van der Waals surface area contributed by atoms with E-state index in [9.17, 15) is 4.79 Å². The highest BCUT2D eigenvalue weighted by Gasteiger charge is 2.40. The van der Waals surface area contributed by atoms with E-state index in [4.69, 9.17) is 14.3 Å². The van der Waals surface area contributed by atoms with Crippen LogP contribution < -0.4 is 5.32 Å². The van der Waals surface area contributed by atoms with Crippen LogP contribution in [-0.2, 0) is 10.3 Å². The van der Waals surface area contributed by atoms with E-state index in [1.165, 1.54) is 0 Å². The molecule has 0 spiro atoms. The zero-order valence-electron chi connectivity index (χ0n) is 11.2. The normalized spacial score (nSPS) is 30.8. The van der Waals surface area contributed by atoms with Crippen molar-refractivity contribution in [2.24, 2.45) is 0 Å². The Hall–Kier alpha value is -0.860. The summed E-state index contributed by atoms with van der Waals surface area (Å²) in [6, 6.07) is 7.14. The van der Waals surface area contributed by atoms with Crippen LogP contribution in [0.2, 0.25) is 5.02 Å². The molecule has 0 saturated heterocycles. The maximum atomic E-state index is 12.5. The van der Waals surface area contributed by atoms with E-state index in [0.717, 1.165) is 0 Å². The van der Waals surface area contributed by atoms with Crippen LogP contribution in [0.5, 0.6) is 0 Å². The third-order valence-electron chi connectivity index (χ3n) is 3.16. The highest BCUT2D eigenvalue weighted by molar-refractivity contribution is 6.31. The van der Waals surface area contributed by atoms with Crippen molar-refractivity contribution in [1.29, 1.82) is 0 Å². The van der Waals surface area contributed by atoms with Gasteiger partial charge in [0.25, 0.3) is 0 Å². The summed E-state index contributed by atoms with van der Waals surface area (Å²) in [5.41, 5.74) is -0.331. The van der Waals surface area contributed by atoms with Crippen LogP contribution in [0.25, 0.3) is 0 Å². The molecule has 0 bridgehead atoms. The molecule has 0 heterocycles. The largest absolute Gasteiger partial charge is 0.304 e. The predicted molar refractivity (Wildman–Crippen MR) is 65.7 cm³/mol. The van der Waals surface area contributed by atoms with Gasteiger partial charge in [-0.05, 0) is 31.5 Å². The first kappa shape index (κ1) is 9.20. The quantitative estimate of drug-likeness (QED) is 0.860. The summed E-state index contributed by atoms with van der Waals surface area (Å²) in [5.74, 6) is -0.420. The molecule has 0 unspecified atom stereocenters. The van der Waals surface area contributed by atoms with Crippen LogP contribution in [0.15, 0.2) is 24.3 Å². The summed E-state index contributed by atoms with van der Waals surface area (Å²) in [6.07, 6.45) is -0.281. The summed E-state index contributed by atoms with van der Waals surface area (Å²) in [4.78, 5) is 12.5. The second-order valence-electron chi connectivity index (χ2n) is 3.99. The van der Waals surface area contributed by atoms with Crippen LogP contribution in [-0.4, -0.2) is 12.8 Å². The fourth-order valence-corrected chi connectivity index (χ4v) is 2.55. The van der Waals surface area contributed by atoms with Gasteiger partial charge in [0.15, 0.2) is 5.78 Å². The molecular formula is C13H16ClNO. The van der Waals surface area contributed by atoms with Crippen LogP contribution in [0.1, 0.15) is 33.9 Å². The van der Waals surface area contributed by atoms with Crippen molar-refractivity contribution < 1.29 is 7.54 Å². The molecule has 0 aliphatic heterocycles. The summed E-state index contributed by atoms with van der Waals surface area (Å²) in [6.45, 7) is 0. The zero-order valence-corrected chi connectivity index (χ0v) is 9.97. The molecule has 0 amide bonds. The summed E-state index contributed by atoms with van der Waals surface area (Å²) >= 11 is 6.17. The van der Waals surface area contributed by atoms with Crippen LogP contribution in [0.4, 0.5) is 0 Å². The number of likely N-dealkylation sites (N-methyl/N-ethyl adjacent to an activating group) is 1. The van der Waals surface area contributed by atoms with E-state index in [1.54, 1.807) is 25.2 Å². The van der Waals surface area contributed by atoms with Gasteiger partial charge in [0.05, 0.1) is 0 Å². The van der Waals surface area contributed by atoms with E-state index >= 15 is 0 Å². The SMILES string of the molecule is [2H]C1([2H])CCC[C@](NC)(c2ccccc2Cl)C1=O. The monoisotopic (exact) mass is 239 g/mol. The number of carbonyl (C=O) groups excluding carboxylic acids is 1. The highest BCUT2D eigenvalue weighted by atomic mass is 35.5. The summed E-state index contributed by atoms with van der Waals surface area (Å²) < 4.78 is 15.7. The molecule has 1 aliphatic carbocycles. The fourth-order valence-electron chi connectivity index (χ4n) is 2.26. The smallest absolute Gasteiger partial charge is 0.157 e. The molecule has 0 radical (unpaired) electrons. The molecule has 1 aromatic rings. The van der Waals surface area contributed by atoms with Crippen molar-refractivity contribution in [3.63, 3.8) is 0 Å². The van der Waals surface area contributed by atoms with Gasteiger partial charge in [0.2, 0.25) is 0 Å². The predicted octanol–water partition coefficient (Wildman–Crippen LogP) is 2.90.